The third-order valence-electron chi connectivity index (χ3n) is 3.25. The second-order valence-electron chi connectivity index (χ2n) is 5.51. The van der Waals surface area contributed by atoms with Gasteiger partial charge in [0.2, 0.25) is 5.56 Å². The first kappa shape index (κ1) is 15.0. The Labute approximate surface area is 124 Å². The summed E-state index contributed by atoms with van der Waals surface area (Å²) in [4.78, 5) is 26.1. The van der Waals surface area contributed by atoms with Crippen LogP contribution in [0.15, 0.2) is 53.5 Å². The van der Waals surface area contributed by atoms with Crippen molar-refractivity contribution in [1.29, 1.82) is 0 Å². The van der Waals surface area contributed by atoms with Crippen LogP contribution in [0, 0.1) is 5.92 Å². The normalized spacial score (nSPS) is 12.1. The second-order valence-corrected chi connectivity index (χ2v) is 5.51. The van der Waals surface area contributed by atoms with Gasteiger partial charge >= 0.3 is 0 Å². The Bertz CT molecular complexity index is 647. The average Bonchev–Trinajstić information content (AvgIpc) is 2.47. The van der Waals surface area contributed by atoms with E-state index >= 15 is 0 Å². The van der Waals surface area contributed by atoms with E-state index < -0.39 is 0 Å². The van der Waals surface area contributed by atoms with Gasteiger partial charge in [0.15, 0.2) is 0 Å². The molecule has 0 aliphatic carbocycles. The highest BCUT2D eigenvalue weighted by atomic mass is 16.2. The molecule has 0 radical (unpaired) electrons. The molecule has 0 bridgehead atoms. The Hall–Kier alpha value is -2.36. The van der Waals surface area contributed by atoms with Gasteiger partial charge in [0.05, 0.1) is 6.04 Å². The minimum absolute atomic E-state index is 0.0574. The quantitative estimate of drug-likeness (QED) is 0.886. The van der Waals surface area contributed by atoms with Crippen molar-refractivity contribution < 1.29 is 4.79 Å². The molecule has 0 spiro atoms. The molecule has 1 aromatic carbocycles. The van der Waals surface area contributed by atoms with Crippen molar-refractivity contribution in [3.8, 4) is 0 Å². The van der Waals surface area contributed by atoms with Gasteiger partial charge in [-0.1, -0.05) is 44.2 Å². The van der Waals surface area contributed by atoms with E-state index in [4.69, 9.17) is 0 Å². The number of hydrogen-bond donors (Lipinski definition) is 2. The molecule has 1 amide bonds. The molecule has 2 N–H and O–H groups in total. The van der Waals surface area contributed by atoms with E-state index in [0.29, 0.717) is 11.5 Å². The van der Waals surface area contributed by atoms with Gasteiger partial charge < -0.3 is 10.3 Å². The first-order valence-electron chi connectivity index (χ1n) is 7.11. The van der Waals surface area contributed by atoms with E-state index in [9.17, 15) is 9.59 Å². The van der Waals surface area contributed by atoms with E-state index in [2.05, 4.69) is 24.1 Å². The minimum Gasteiger partial charge on any atom is -0.345 e. The number of nitrogens with one attached hydrogen (secondary N) is 2. The predicted octanol–water partition coefficient (Wildman–Crippen LogP) is 2.89. The highest BCUT2D eigenvalue weighted by Crippen LogP contribution is 2.21. The van der Waals surface area contributed by atoms with Crippen LogP contribution in [0.1, 0.15) is 42.2 Å². The smallest absolute Gasteiger partial charge is 0.252 e. The van der Waals surface area contributed by atoms with Crippen molar-refractivity contribution >= 4 is 5.91 Å². The third kappa shape index (κ3) is 4.31. The second kappa shape index (κ2) is 6.88. The SMILES string of the molecule is CC(C)CC(NC(=O)c1cc[nH]c(=O)c1)c1ccccc1. The largest absolute Gasteiger partial charge is 0.345 e. The van der Waals surface area contributed by atoms with Crippen LogP contribution in [0.3, 0.4) is 0 Å². The van der Waals surface area contributed by atoms with Crippen molar-refractivity contribution in [2.45, 2.75) is 26.3 Å². The summed E-state index contributed by atoms with van der Waals surface area (Å²) < 4.78 is 0. The molecule has 110 valence electrons. The predicted molar refractivity (Wildman–Crippen MR) is 83.2 cm³/mol. The summed E-state index contributed by atoms with van der Waals surface area (Å²) in [6.07, 6.45) is 2.33. The number of hydrogen-bond acceptors (Lipinski definition) is 2. The third-order valence-corrected chi connectivity index (χ3v) is 3.25. The van der Waals surface area contributed by atoms with Crippen molar-refractivity contribution in [2.24, 2.45) is 5.92 Å². The summed E-state index contributed by atoms with van der Waals surface area (Å²) in [6, 6.07) is 12.7. The van der Waals surface area contributed by atoms with Crippen molar-refractivity contribution in [2.75, 3.05) is 0 Å². The van der Waals surface area contributed by atoms with Gasteiger partial charge in [0.1, 0.15) is 0 Å². The highest BCUT2D eigenvalue weighted by Gasteiger charge is 2.17. The zero-order chi connectivity index (χ0) is 15.2. The fourth-order valence-electron chi connectivity index (χ4n) is 2.26. The molecular weight excluding hydrogens is 264 g/mol. The lowest BCUT2D eigenvalue weighted by molar-refractivity contribution is 0.0931. The van der Waals surface area contributed by atoms with E-state index in [0.717, 1.165) is 12.0 Å². The number of H-pyrrole nitrogens is 1. The highest BCUT2D eigenvalue weighted by molar-refractivity contribution is 5.94. The standard InChI is InChI=1S/C17H20N2O2/c1-12(2)10-15(13-6-4-3-5-7-13)19-17(21)14-8-9-18-16(20)11-14/h3-9,11-12,15H,10H2,1-2H3,(H,18,20)(H,19,21). The first-order valence-corrected chi connectivity index (χ1v) is 7.11. The molecule has 0 saturated heterocycles. The number of carbonyl (C=O) groups is 1. The summed E-state index contributed by atoms with van der Waals surface area (Å²) in [5, 5.41) is 3.02. The molecule has 0 saturated carbocycles. The molecule has 4 nitrogen and oxygen atoms in total. The van der Waals surface area contributed by atoms with Crippen LogP contribution in [-0.4, -0.2) is 10.9 Å². The van der Waals surface area contributed by atoms with E-state index in [1.807, 2.05) is 30.3 Å². The Morgan fingerprint density at radius 2 is 1.90 bits per heavy atom. The number of rotatable bonds is 5. The summed E-state index contributed by atoms with van der Waals surface area (Å²) >= 11 is 0. The Balaban J connectivity index is 2.19. The van der Waals surface area contributed by atoms with Crippen molar-refractivity contribution in [1.82, 2.24) is 10.3 Å². The molecular formula is C17H20N2O2. The number of aromatic nitrogens is 1. The molecule has 1 heterocycles. The van der Waals surface area contributed by atoms with Crippen LogP contribution >= 0.6 is 0 Å². The Kier molecular flexibility index (Phi) is 4.93. The zero-order valence-corrected chi connectivity index (χ0v) is 12.3. The average molecular weight is 284 g/mol. The molecule has 0 aliphatic rings. The van der Waals surface area contributed by atoms with E-state index in [1.165, 1.54) is 12.3 Å². The molecule has 1 atom stereocenters. The summed E-state index contributed by atoms with van der Waals surface area (Å²) in [6.45, 7) is 4.24. The van der Waals surface area contributed by atoms with Crippen LogP contribution in [0.4, 0.5) is 0 Å². The number of carbonyl (C=O) groups excluding carboxylic acids is 1. The number of pyridine rings is 1. The van der Waals surface area contributed by atoms with Crippen LogP contribution in [0.5, 0.6) is 0 Å². The molecule has 2 aromatic rings. The lowest BCUT2D eigenvalue weighted by Crippen LogP contribution is -2.30. The van der Waals surface area contributed by atoms with Gasteiger partial charge in [0, 0.05) is 17.8 Å². The monoisotopic (exact) mass is 284 g/mol. The Morgan fingerprint density at radius 1 is 1.19 bits per heavy atom. The van der Waals surface area contributed by atoms with Gasteiger partial charge in [-0.05, 0) is 24.0 Å². The maximum atomic E-state index is 12.3. The lowest BCUT2D eigenvalue weighted by atomic mass is 9.96. The van der Waals surface area contributed by atoms with Crippen LogP contribution in [0.25, 0.3) is 0 Å². The molecule has 4 heteroatoms. The van der Waals surface area contributed by atoms with Crippen LogP contribution < -0.4 is 10.9 Å². The van der Waals surface area contributed by atoms with Crippen LogP contribution in [-0.2, 0) is 0 Å². The molecule has 21 heavy (non-hydrogen) atoms. The maximum absolute atomic E-state index is 12.3. The fraction of sp³-hybridized carbons (Fsp3) is 0.294. The topological polar surface area (TPSA) is 62.0 Å². The van der Waals surface area contributed by atoms with Crippen LogP contribution in [0.2, 0.25) is 0 Å². The summed E-state index contributed by atoms with van der Waals surface area (Å²) in [5.41, 5.74) is 1.18. The lowest BCUT2D eigenvalue weighted by Gasteiger charge is -2.21. The van der Waals surface area contributed by atoms with E-state index in [1.54, 1.807) is 6.07 Å². The van der Waals surface area contributed by atoms with Gasteiger partial charge in [-0.3, -0.25) is 9.59 Å². The fourth-order valence-corrected chi connectivity index (χ4v) is 2.26. The van der Waals surface area contributed by atoms with Gasteiger partial charge in [0.25, 0.3) is 5.91 Å². The van der Waals surface area contributed by atoms with Gasteiger partial charge in [-0.2, -0.15) is 0 Å². The number of amides is 1. The molecule has 2 rings (SSSR count). The van der Waals surface area contributed by atoms with Crippen molar-refractivity contribution in [3.63, 3.8) is 0 Å². The molecule has 1 aromatic heterocycles. The Morgan fingerprint density at radius 3 is 2.52 bits per heavy atom. The maximum Gasteiger partial charge on any atom is 0.252 e. The van der Waals surface area contributed by atoms with Gasteiger partial charge in [-0.15, -0.1) is 0 Å². The molecule has 0 aliphatic heterocycles. The first-order chi connectivity index (χ1) is 10.1. The number of benzene rings is 1. The zero-order valence-electron chi connectivity index (χ0n) is 12.3. The minimum atomic E-state index is -0.275. The molecule has 1 unspecified atom stereocenters. The summed E-state index contributed by atoms with van der Waals surface area (Å²) in [5.74, 6) is 0.227. The summed E-state index contributed by atoms with van der Waals surface area (Å²) in [7, 11) is 0. The number of aromatic amines is 1. The van der Waals surface area contributed by atoms with Gasteiger partial charge in [-0.25, -0.2) is 0 Å². The molecule has 0 fully saturated rings. The van der Waals surface area contributed by atoms with E-state index in [-0.39, 0.29) is 17.5 Å². The van der Waals surface area contributed by atoms with Crippen molar-refractivity contribution in [3.05, 3.63) is 70.1 Å².